The fourth-order valence-electron chi connectivity index (χ4n) is 2.74. The summed E-state index contributed by atoms with van der Waals surface area (Å²) in [7, 11) is 0. The number of aryl methyl sites for hydroxylation is 1. The van der Waals surface area contributed by atoms with Crippen LogP contribution >= 0.6 is 0 Å². The molecule has 2 aromatic rings. The molecular formula is C17H23NO3. The van der Waals surface area contributed by atoms with Crippen LogP contribution in [-0.2, 0) is 12.0 Å². The van der Waals surface area contributed by atoms with Gasteiger partial charge in [-0.3, -0.25) is 0 Å². The maximum absolute atomic E-state index is 11.4. The molecule has 1 atom stereocenters. The molecule has 4 nitrogen and oxygen atoms in total. The first-order chi connectivity index (χ1) is 9.66. The summed E-state index contributed by atoms with van der Waals surface area (Å²) in [5.74, 6) is -0.941. The van der Waals surface area contributed by atoms with Crippen LogP contribution in [0.3, 0.4) is 0 Å². The zero-order chi connectivity index (χ0) is 15.9. The Morgan fingerprint density at radius 3 is 2.38 bits per heavy atom. The number of hydrogen-bond donors (Lipinski definition) is 2. The molecule has 0 saturated heterocycles. The summed E-state index contributed by atoms with van der Waals surface area (Å²) >= 11 is 0. The number of nitrogens with zero attached hydrogens (tertiary/aromatic N) is 1. The monoisotopic (exact) mass is 289 g/mol. The van der Waals surface area contributed by atoms with Gasteiger partial charge in [-0.05, 0) is 37.0 Å². The fraction of sp³-hybridized carbons (Fsp3) is 0.471. The van der Waals surface area contributed by atoms with Gasteiger partial charge in [0.25, 0.3) is 0 Å². The quantitative estimate of drug-likeness (QED) is 0.905. The van der Waals surface area contributed by atoms with Crippen molar-refractivity contribution in [2.75, 3.05) is 0 Å². The summed E-state index contributed by atoms with van der Waals surface area (Å²) in [6.07, 6.45) is 1.30. The van der Waals surface area contributed by atoms with Crippen LogP contribution in [0.5, 0.6) is 0 Å². The van der Waals surface area contributed by atoms with Crippen molar-refractivity contribution in [3.05, 3.63) is 35.0 Å². The van der Waals surface area contributed by atoms with E-state index in [-0.39, 0.29) is 11.0 Å². The van der Waals surface area contributed by atoms with Gasteiger partial charge in [0.1, 0.15) is 0 Å². The number of fused-ring (bicyclic) bond motifs is 1. The van der Waals surface area contributed by atoms with Crippen LogP contribution in [0, 0.1) is 0 Å². The van der Waals surface area contributed by atoms with Gasteiger partial charge in [0.05, 0.1) is 17.2 Å². The third-order valence-electron chi connectivity index (χ3n) is 3.85. The van der Waals surface area contributed by atoms with E-state index in [1.165, 1.54) is 0 Å². The molecule has 0 spiro atoms. The molecule has 0 aliphatic carbocycles. The zero-order valence-corrected chi connectivity index (χ0v) is 13.3. The molecule has 1 unspecified atom stereocenters. The molecule has 2 rings (SSSR count). The molecule has 1 aromatic carbocycles. The number of aromatic carboxylic acids is 1. The number of hydrogen-bond acceptors (Lipinski definition) is 2. The van der Waals surface area contributed by atoms with Crippen molar-refractivity contribution in [3.63, 3.8) is 0 Å². The summed E-state index contributed by atoms with van der Waals surface area (Å²) < 4.78 is 2.09. The van der Waals surface area contributed by atoms with Crippen LogP contribution in [0.15, 0.2) is 18.3 Å². The van der Waals surface area contributed by atoms with E-state index < -0.39 is 12.1 Å². The Morgan fingerprint density at radius 2 is 1.95 bits per heavy atom. The van der Waals surface area contributed by atoms with E-state index in [1.54, 1.807) is 19.1 Å². The number of rotatable bonds is 3. The van der Waals surface area contributed by atoms with Crippen molar-refractivity contribution in [2.45, 2.75) is 52.7 Å². The van der Waals surface area contributed by atoms with E-state index in [2.05, 4.69) is 25.3 Å². The van der Waals surface area contributed by atoms with Crippen LogP contribution in [0.25, 0.3) is 10.9 Å². The van der Waals surface area contributed by atoms with Gasteiger partial charge in [-0.2, -0.15) is 0 Å². The summed E-state index contributed by atoms with van der Waals surface area (Å²) in [5, 5.41) is 20.2. The number of aromatic nitrogens is 1. The molecule has 0 bridgehead atoms. The van der Waals surface area contributed by atoms with Crippen molar-refractivity contribution in [1.82, 2.24) is 4.57 Å². The van der Waals surface area contributed by atoms with Gasteiger partial charge in [-0.15, -0.1) is 0 Å². The van der Waals surface area contributed by atoms with Crippen molar-refractivity contribution in [3.8, 4) is 0 Å². The van der Waals surface area contributed by atoms with Crippen LogP contribution < -0.4 is 0 Å². The molecule has 0 aliphatic rings. The largest absolute Gasteiger partial charge is 0.478 e. The maximum Gasteiger partial charge on any atom is 0.335 e. The summed E-state index contributed by atoms with van der Waals surface area (Å²) in [4.78, 5) is 11.4. The maximum atomic E-state index is 11.4. The minimum atomic E-state index is -0.941. The highest BCUT2D eigenvalue weighted by atomic mass is 16.4. The average molecular weight is 289 g/mol. The third kappa shape index (κ3) is 2.68. The smallest absolute Gasteiger partial charge is 0.335 e. The Hall–Kier alpha value is -1.81. The minimum Gasteiger partial charge on any atom is -0.478 e. The lowest BCUT2D eigenvalue weighted by Crippen LogP contribution is -2.15. The number of carbonyl (C=O) groups is 1. The van der Waals surface area contributed by atoms with E-state index in [4.69, 9.17) is 0 Å². The lowest BCUT2D eigenvalue weighted by Gasteiger charge is -2.22. The standard InChI is InChI=1S/C17H23NO3/c1-6-18-9-13(10(2)19)12-7-11(16(20)21)8-14(15(12)18)17(3,4)5/h7-10,19H,6H2,1-5H3,(H,20,21). The van der Waals surface area contributed by atoms with Crippen LogP contribution in [0.4, 0.5) is 0 Å². The van der Waals surface area contributed by atoms with E-state index in [0.29, 0.717) is 0 Å². The highest BCUT2D eigenvalue weighted by molar-refractivity contribution is 5.97. The van der Waals surface area contributed by atoms with E-state index in [9.17, 15) is 15.0 Å². The van der Waals surface area contributed by atoms with Gasteiger partial charge in [0.15, 0.2) is 0 Å². The molecular weight excluding hydrogens is 266 g/mol. The molecule has 0 fully saturated rings. The number of aliphatic hydroxyl groups is 1. The second-order valence-corrected chi connectivity index (χ2v) is 6.52. The first-order valence-electron chi connectivity index (χ1n) is 7.25. The SMILES string of the molecule is CCn1cc(C(C)O)c2cc(C(=O)O)cc(C(C)(C)C)c21. The molecule has 0 aliphatic heterocycles. The lowest BCUT2D eigenvalue weighted by atomic mass is 9.84. The van der Waals surface area contributed by atoms with Crippen LogP contribution in [-0.4, -0.2) is 20.7 Å². The molecule has 2 N–H and O–H groups in total. The molecule has 1 aromatic heterocycles. The van der Waals surface area contributed by atoms with E-state index in [1.807, 2.05) is 13.1 Å². The molecule has 114 valence electrons. The second-order valence-electron chi connectivity index (χ2n) is 6.52. The Balaban J connectivity index is 2.95. The molecule has 1 heterocycles. The topological polar surface area (TPSA) is 62.5 Å². The Morgan fingerprint density at radius 1 is 1.33 bits per heavy atom. The van der Waals surface area contributed by atoms with Crippen molar-refractivity contribution in [2.24, 2.45) is 0 Å². The van der Waals surface area contributed by atoms with Gasteiger partial charge in [-0.25, -0.2) is 4.79 Å². The highest BCUT2D eigenvalue weighted by Gasteiger charge is 2.24. The van der Waals surface area contributed by atoms with Gasteiger partial charge >= 0.3 is 5.97 Å². The molecule has 0 amide bonds. The Bertz CT molecular complexity index is 690. The average Bonchev–Trinajstić information content (AvgIpc) is 2.74. The molecule has 0 saturated carbocycles. The van der Waals surface area contributed by atoms with Crippen molar-refractivity contribution in [1.29, 1.82) is 0 Å². The number of aliphatic hydroxyl groups excluding tert-OH is 1. The molecule has 0 radical (unpaired) electrons. The highest BCUT2D eigenvalue weighted by Crippen LogP contribution is 2.36. The minimum absolute atomic E-state index is 0.176. The predicted octanol–water partition coefficient (Wildman–Crippen LogP) is 3.71. The first kappa shape index (κ1) is 15.6. The second kappa shape index (κ2) is 5.19. The Labute approximate surface area is 125 Å². The molecule has 21 heavy (non-hydrogen) atoms. The van der Waals surface area contributed by atoms with Crippen LogP contribution in [0.2, 0.25) is 0 Å². The Kier molecular flexibility index (Phi) is 3.85. The predicted molar refractivity (Wildman–Crippen MR) is 83.9 cm³/mol. The van der Waals surface area contributed by atoms with Crippen LogP contribution in [0.1, 0.15) is 62.2 Å². The van der Waals surface area contributed by atoms with E-state index >= 15 is 0 Å². The van der Waals surface area contributed by atoms with Crippen molar-refractivity contribution >= 4 is 16.9 Å². The summed E-state index contributed by atoms with van der Waals surface area (Å²) in [6.45, 7) is 10.7. The number of carboxylic acid groups (broad SMARTS) is 1. The normalized spacial score (nSPS) is 13.6. The summed E-state index contributed by atoms with van der Waals surface area (Å²) in [6, 6.07) is 3.42. The third-order valence-corrected chi connectivity index (χ3v) is 3.85. The van der Waals surface area contributed by atoms with Gasteiger partial charge in [0, 0.05) is 23.7 Å². The number of benzene rings is 1. The van der Waals surface area contributed by atoms with Crippen molar-refractivity contribution < 1.29 is 15.0 Å². The van der Waals surface area contributed by atoms with Gasteiger partial charge in [0.2, 0.25) is 0 Å². The van der Waals surface area contributed by atoms with E-state index in [0.717, 1.165) is 28.6 Å². The number of carboxylic acids is 1. The lowest BCUT2D eigenvalue weighted by molar-refractivity contribution is 0.0697. The zero-order valence-electron chi connectivity index (χ0n) is 13.3. The van der Waals surface area contributed by atoms with Gasteiger partial charge in [-0.1, -0.05) is 20.8 Å². The van der Waals surface area contributed by atoms with Gasteiger partial charge < -0.3 is 14.8 Å². The first-order valence-corrected chi connectivity index (χ1v) is 7.25. The summed E-state index contributed by atoms with van der Waals surface area (Å²) in [5.41, 5.74) is 2.88. The molecule has 4 heteroatoms. The fourth-order valence-corrected chi connectivity index (χ4v) is 2.74.